The number of ether oxygens (including phenoxy) is 3. The largest absolute Gasteiger partial charge is 0.493 e. The molecular formula is C23H25N3O5S. The third kappa shape index (κ3) is 5.82. The number of aromatic nitrogens is 2. The summed E-state index contributed by atoms with van der Waals surface area (Å²) >= 11 is 1.74. The number of nitrogens with one attached hydrogen (secondary N) is 1. The molecule has 2 aromatic carbocycles. The molecule has 3 rings (SSSR count). The second kappa shape index (κ2) is 10.7. The maximum Gasteiger partial charge on any atom is 0.322 e. The number of thioether (sulfide) groups is 1. The summed E-state index contributed by atoms with van der Waals surface area (Å²) in [6.45, 7) is 4.26. The third-order valence-corrected chi connectivity index (χ3v) is 5.22. The van der Waals surface area contributed by atoms with Crippen molar-refractivity contribution in [3.05, 3.63) is 48.0 Å². The van der Waals surface area contributed by atoms with Gasteiger partial charge in [0.2, 0.25) is 11.6 Å². The van der Waals surface area contributed by atoms with Crippen LogP contribution in [0, 0.1) is 0 Å². The lowest BCUT2D eigenvalue weighted by atomic mass is 10.1. The first-order valence-electron chi connectivity index (χ1n) is 9.83. The van der Waals surface area contributed by atoms with Crippen molar-refractivity contribution >= 4 is 29.8 Å². The van der Waals surface area contributed by atoms with Crippen molar-refractivity contribution in [3.8, 4) is 28.7 Å². The summed E-state index contributed by atoms with van der Waals surface area (Å²) < 4.78 is 21.5. The summed E-state index contributed by atoms with van der Waals surface area (Å²) in [5, 5.41) is 11.0. The highest BCUT2D eigenvalue weighted by molar-refractivity contribution is 7.99. The lowest BCUT2D eigenvalue weighted by Gasteiger charge is -2.12. The highest BCUT2D eigenvalue weighted by Crippen LogP contribution is 2.38. The highest BCUT2D eigenvalue weighted by Gasteiger charge is 2.13. The molecular weight excluding hydrogens is 430 g/mol. The molecule has 0 spiro atoms. The van der Waals surface area contributed by atoms with Crippen molar-refractivity contribution in [3.63, 3.8) is 0 Å². The van der Waals surface area contributed by atoms with E-state index in [1.165, 1.54) is 27.4 Å². The zero-order valence-corrected chi connectivity index (χ0v) is 19.4. The van der Waals surface area contributed by atoms with Crippen molar-refractivity contribution in [2.75, 3.05) is 26.6 Å². The van der Waals surface area contributed by atoms with E-state index < -0.39 is 5.91 Å². The predicted molar refractivity (Wildman–Crippen MR) is 124 cm³/mol. The van der Waals surface area contributed by atoms with Gasteiger partial charge < -0.3 is 18.6 Å². The summed E-state index contributed by atoms with van der Waals surface area (Å²) in [5.74, 6) is 1.38. The molecule has 1 N–H and O–H groups in total. The van der Waals surface area contributed by atoms with Crippen LogP contribution in [0.15, 0.2) is 51.8 Å². The van der Waals surface area contributed by atoms with Gasteiger partial charge in [-0.05, 0) is 42.0 Å². The minimum absolute atomic E-state index is 0.0152. The Kier molecular flexibility index (Phi) is 7.77. The maximum atomic E-state index is 12.3. The number of hydrogen-bond acceptors (Lipinski definition) is 8. The number of carbonyl (C=O) groups excluding carboxylic acids is 1. The fourth-order valence-corrected chi connectivity index (χ4v) is 3.78. The minimum atomic E-state index is -0.418. The van der Waals surface area contributed by atoms with Crippen LogP contribution in [-0.4, -0.2) is 42.7 Å². The number of methoxy groups -OCH3 is 3. The lowest BCUT2D eigenvalue weighted by molar-refractivity contribution is -0.112. The van der Waals surface area contributed by atoms with Crippen molar-refractivity contribution in [1.82, 2.24) is 10.2 Å². The SMILES string of the molecule is COc1cc(/C=C/C(=O)Nc2nnc(-c3cccc(SC(C)C)c3)o2)cc(OC)c1OC. The van der Waals surface area contributed by atoms with Gasteiger partial charge in [0.1, 0.15) is 0 Å². The van der Waals surface area contributed by atoms with Crippen molar-refractivity contribution in [2.24, 2.45) is 0 Å². The molecule has 0 saturated heterocycles. The molecule has 0 saturated carbocycles. The summed E-state index contributed by atoms with van der Waals surface area (Å²) in [6, 6.07) is 11.3. The zero-order chi connectivity index (χ0) is 23.1. The monoisotopic (exact) mass is 455 g/mol. The number of nitrogens with zero attached hydrogens (tertiary/aromatic N) is 2. The van der Waals surface area contributed by atoms with Crippen LogP contribution >= 0.6 is 11.8 Å². The topological polar surface area (TPSA) is 95.7 Å². The number of hydrogen-bond donors (Lipinski definition) is 1. The summed E-state index contributed by atoms with van der Waals surface area (Å²) in [7, 11) is 4.59. The fraction of sp³-hybridized carbons (Fsp3) is 0.261. The molecule has 1 aromatic heterocycles. The number of carbonyl (C=O) groups is 1. The van der Waals surface area contributed by atoms with Gasteiger partial charge in [-0.15, -0.1) is 16.9 Å². The van der Waals surface area contributed by atoms with Gasteiger partial charge in [0.25, 0.3) is 5.91 Å². The quantitative estimate of drug-likeness (QED) is 0.359. The van der Waals surface area contributed by atoms with Crippen LogP contribution in [0.25, 0.3) is 17.5 Å². The second-order valence-electron chi connectivity index (χ2n) is 6.89. The lowest BCUT2D eigenvalue weighted by Crippen LogP contribution is -2.07. The summed E-state index contributed by atoms with van der Waals surface area (Å²) in [4.78, 5) is 13.4. The van der Waals surface area contributed by atoms with Crippen LogP contribution in [0.1, 0.15) is 19.4 Å². The van der Waals surface area contributed by atoms with Gasteiger partial charge >= 0.3 is 6.01 Å². The molecule has 0 fully saturated rings. The van der Waals surface area contributed by atoms with Gasteiger partial charge in [-0.3, -0.25) is 10.1 Å². The van der Waals surface area contributed by atoms with Crippen LogP contribution < -0.4 is 19.5 Å². The molecule has 1 amide bonds. The minimum Gasteiger partial charge on any atom is -0.493 e. The molecule has 8 nitrogen and oxygen atoms in total. The van der Waals surface area contributed by atoms with Crippen LogP contribution in [0.2, 0.25) is 0 Å². The van der Waals surface area contributed by atoms with Crippen molar-refractivity contribution in [1.29, 1.82) is 0 Å². The van der Waals surface area contributed by atoms with Gasteiger partial charge in [0, 0.05) is 21.8 Å². The molecule has 0 atom stereocenters. The van der Waals surface area contributed by atoms with E-state index in [0.717, 1.165) is 10.5 Å². The average Bonchev–Trinajstić information content (AvgIpc) is 3.25. The first-order valence-corrected chi connectivity index (χ1v) is 10.7. The molecule has 0 aliphatic carbocycles. The Hall–Kier alpha value is -3.46. The molecule has 168 valence electrons. The van der Waals surface area contributed by atoms with Crippen molar-refractivity contribution in [2.45, 2.75) is 24.0 Å². The Balaban J connectivity index is 1.70. The second-order valence-corrected chi connectivity index (χ2v) is 8.54. The first-order chi connectivity index (χ1) is 15.4. The normalized spacial score (nSPS) is 11.1. The number of rotatable bonds is 9. The van der Waals surface area contributed by atoms with Gasteiger partial charge in [-0.2, -0.15) is 0 Å². The van der Waals surface area contributed by atoms with E-state index in [2.05, 4.69) is 29.4 Å². The Morgan fingerprint density at radius 2 is 1.78 bits per heavy atom. The van der Waals surface area contributed by atoms with E-state index >= 15 is 0 Å². The van der Waals surface area contributed by atoms with Crippen molar-refractivity contribution < 1.29 is 23.4 Å². The fourth-order valence-electron chi connectivity index (χ4n) is 2.88. The smallest absolute Gasteiger partial charge is 0.322 e. The van der Waals surface area contributed by atoms with Crippen LogP contribution in [-0.2, 0) is 4.79 Å². The van der Waals surface area contributed by atoms with Crippen LogP contribution in [0.5, 0.6) is 17.2 Å². The molecule has 0 bridgehead atoms. The standard InChI is InChI=1S/C23H25N3O5S/c1-14(2)32-17-8-6-7-16(13-17)22-25-26-23(31-22)24-20(27)10-9-15-11-18(28-3)21(30-5)19(12-15)29-4/h6-14H,1-5H3,(H,24,26,27)/b10-9+. The predicted octanol–water partition coefficient (Wildman–Crippen LogP) is 4.91. The summed E-state index contributed by atoms with van der Waals surface area (Å²) in [6.07, 6.45) is 2.97. The van der Waals surface area contributed by atoms with Crippen LogP contribution in [0.4, 0.5) is 6.01 Å². The number of benzene rings is 2. The number of anilines is 1. The Bertz CT molecular complexity index is 1090. The Morgan fingerprint density at radius 3 is 2.41 bits per heavy atom. The maximum absolute atomic E-state index is 12.3. The molecule has 1 heterocycles. The van der Waals surface area contributed by atoms with Gasteiger partial charge in [0.05, 0.1) is 21.3 Å². The first kappa shape index (κ1) is 23.2. The Morgan fingerprint density at radius 1 is 1.06 bits per heavy atom. The summed E-state index contributed by atoms with van der Waals surface area (Å²) in [5.41, 5.74) is 1.48. The third-order valence-electron chi connectivity index (χ3n) is 4.22. The van der Waals surface area contributed by atoms with E-state index in [1.54, 1.807) is 30.0 Å². The Labute approximate surface area is 191 Å². The molecule has 0 aliphatic rings. The molecule has 3 aromatic rings. The van der Waals surface area contributed by atoms with Gasteiger partial charge in [0.15, 0.2) is 11.5 Å². The molecule has 0 aliphatic heterocycles. The van der Waals surface area contributed by atoms with E-state index in [4.69, 9.17) is 18.6 Å². The number of amides is 1. The van der Waals surface area contributed by atoms with E-state index in [1.807, 2.05) is 24.3 Å². The molecule has 0 radical (unpaired) electrons. The van der Waals surface area contributed by atoms with Crippen LogP contribution in [0.3, 0.4) is 0 Å². The zero-order valence-electron chi connectivity index (χ0n) is 18.5. The van der Waals surface area contributed by atoms with Gasteiger partial charge in [-0.1, -0.05) is 25.0 Å². The molecule has 9 heteroatoms. The van der Waals surface area contributed by atoms with E-state index in [0.29, 0.717) is 34.0 Å². The highest BCUT2D eigenvalue weighted by atomic mass is 32.2. The van der Waals surface area contributed by atoms with Gasteiger partial charge in [-0.25, -0.2) is 0 Å². The average molecular weight is 456 g/mol. The molecule has 32 heavy (non-hydrogen) atoms. The van der Waals surface area contributed by atoms with E-state index in [-0.39, 0.29) is 6.01 Å². The molecule has 0 unspecified atom stereocenters. The van der Waals surface area contributed by atoms with E-state index in [9.17, 15) is 4.79 Å².